The van der Waals surface area contributed by atoms with Gasteiger partial charge in [0.2, 0.25) is 5.91 Å². The minimum atomic E-state index is -0.413. The van der Waals surface area contributed by atoms with Gasteiger partial charge in [0.15, 0.2) is 17.2 Å². The third-order valence-electron chi connectivity index (χ3n) is 4.19. The first-order valence-electron chi connectivity index (χ1n) is 9.47. The lowest BCUT2D eigenvalue weighted by molar-refractivity contribution is -0.117. The molecule has 0 aliphatic rings. The van der Waals surface area contributed by atoms with Crippen LogP contribution in [0.4, 0.5) is 5.82 Å². The van der Waals surface area contributed by atoms with E-state index >= 15 is 0 Å². The number of aromatic nitrogens is 6. The number of fused-ring (bicyclic) bond motifs is 1. The number of rotatable bonds is 7. The van der Waals surface area contributed by atoms with Crippen molar-refractivity contribution in [3.05, 3.63) is 40.1 Å². The minimum Gasteiger partial charge on any atom is -0.491 e. The molecule has 0 fully saturated rings. The molecule has 0 aliphatic heterocycles. The molecule has 3 aromatic heterocycles. The first kappa shape index (κ1) is 20.4. The average molecular weight is 399 g/mol. The van der Waals surface area contributed by atoms with Gasteiger partial charge in [0.25, 0.3) is 5.56 Å². The predicted octanol–water partition coefficient (Wildman–Crippen LogP) is 1.79. The Balaban J connectivity index is 1.83. The minimum absolute atomic E-state index is 0.0311. The maximum Gasteiger partial charge on any atom is 0.273 e. The van der Waals surface area contributed by atoms with Crippen molar-refractivity contribution in [3.63, 3.8) is 0 Å². The van der Waals surface area contributed by atoms with Gasteiger partial charge in [-0.25, -0.2) is 4.68 Å². The van der Waals surface area contributed by atoms with E-state index in [9.17, 15) is 9.59 Å². The molecule has 154 valence electrons. The number of amides is 1. The van der Waals surface area contributed by atoms with Crippen molar-refractivity contribution in [2.24, 2.45) is 5.92 Å². The van der Waals surface area contributed by atoms with Gasteiger partial charge in [-0.1, -0.05) is 27.7 Å². The molecular weight excluding hydrogens is 374 g/mol. The maximum atomic E-state index is 12.7. The zero-order valence-corrected chi connectivity index (χ0v) is 17.2. The van der Waals surface area contributed by atoms with Crippen molar-refractivity contribution in [1.82, 2.24) is 29.6 Å². The van der Waals surface area contributed by atoms with Gasteiger partial charge in [-0.2, -0.15) is 9.61 Å². The van der Waals surface area contributed by atoms with Crippen LogP contribution in [-0.2, 0) is 11.3 Å². The summed E-state index contributed by atoms with van der Waals surface area (Å²) in [7, 11) is 0. The number of carbonyl (C=O) groups is 1. The number of hydrogen-bond donors (Lipinski definition) is 1. The fourth-order valence-electron chi connectivity index (χ4n) is 2.73. The summed E-state index contributed by atoms with van der Waals surface area (Å²) < 4.78 is 8.47. The molecular formula is C19H25N7O3. The van der Waals surface area contributed by atoms with E-state index in [1.54, 1.807) is 19.1 Å². The molecule has 3 rings (SSSR count). The molecule has 0 aromatic carbocycles. The second-order valence-corrected chi connectivity index (χ2v) is 7.56. The summed E-state index contributed by atoms with van der Waals surface area (Å²) in [6.07, 6.45) is 1.44. The largest absolute Gasteiger partial charge is 0.491 e. The van der Waals surface area contributed by atoms with Gasteiger partial charge in [0.1, 0.15) is 18.6 Å². The summed E-state index contributed by atoms with van der Waals surface area (Å²) in [5.74, 6) is 0.773. The Morgan fingerprint density at radius 3 is 2.66 bits per heavy atom. The normalized spacial score (nSPS) is 11.4. The zero-order valence-electron chi connectivity index (χ0n) is 17.2. The van der Waals surface area contributed by atoms with Crippen LogP contribution in [0, 0.1) is 12.8 Å². The van der Waals surface area contributed by atoms with Crippen molar-refractivity contribution in [2.75, 3.05) is 11.9 Å². The van der Waals surface area contributed by atoms with Gasteiger partial charge in [0.05, 0.1) is 12.2 Å². The molecule has 29 heavy (non-hydrogen) atoms. The summed E-state index contributed by atoms with van der Waals surface area (Å²) in [4.78, 5) is 25.2. The standard InChI is InChI=1S/C19H25N7O3/c1-11(2)9-29-18-13(5)19(28)25(24-17(18)12(3)4)8-16(27)21-14-6-7-15-22-20-10-26(15)23-14/h6-7,10-12H,8-9H2,1-5H3,(H,21,23,27). The van der Waals surface area contributed by atoms with E-state index in [4.69, 9.17) is 4.74 Å². The lowest BCUT2D eigenvalue weighted by Crippen LogP contribution is -2.33. The summed E-state index contributed by atoms with van der Waals surface area (Å²) in [5.41, 5.74) is 1.31. The van der Waals surface area contributed by atoms with Crippen LogP contribution in [-0.4, -0.2) is 42.1 Å². The zero-order chi connectivity index (χ0) is 21.1. The Bertz CT molecular complexity index is 1090. The number of carbonyl (C=O) groups excluding carboxylic acids is 1. The van der Waals surface area contributed by atoms with Crippen molar-refractivity contribution >= 4 is 17.4 Å². The molecule has 0 atom stereocenters. The quantitative estimate of drug-likeness (QED) is 0.644. The molecule has 10 nitrogen and oxygen atoms in total. The molecule has 0 aliphatic carbocycles. The first-order chi connectivity index (χ1) is 13.8. The van der Waals surface area contributed by atoms with Crippen LogP contribution in [0.2, 0.25) is 0 Å². The van der Waals surface area contributed by atoms with E-state index in [-0.39, 0.29) is 18.0 Å². The van der Waals surface area contributed by atoms with Crippen LogP contribution in [0.15, 0.2) is 23.3 Å². The third-order valence-corrected chi connectivity index (χ3v) is 4.19. The Hall–Kier alpha value is -3.30. The van der Waals surface area contributed by atoms with Crippen LogP contribution in [0.3, 0.4) is 0 Å². The Labute approximate surface area is 167 Å². The first-order valence-corrected chi connectivity index (χ1v) is 9.47. The summed E-state index contributed by atoms with van der Waals surface area (Å²) >= 11 is 0. The van der Waals surface area contributed by atoms with Gasteiger partial charge < -0.3 is 10.1 Å². The van der Waals surface area contributed by atoms with E-state index in [2.05, 4.69) is 25.7 Å². The van der Waals surface area contributed by atoms with Crippen LogP contribution in [0.25, 0.3) is 5.65 Å². The molecule has 0 unspecified atom stereocenters. The predicted molar refractivity (Wildman–Crippen MR) is 107 cm³/mol. The van der Waals surface area contributed by atoms with E-state index in [1.807, 2.05) is 27.7 Å². The van der Waals surface area contributed by atoms with Crippen molar-refractivity contribution in [1.29, 1.82) is 0 Å². The SMILES string of the molecule is Cc1c(OCC(C)C)c(C(C)C)nn(CC(=O)Nc2ccc3nncn3n2)c1=O. The molecule has 1 N–H and O–H groups in total. The van der Waals surface area contributed by atoms with Gasteiger partial charge in [0, 0.05) is 5.92 Å². The molecule has 0 spiro atoms. The molecule has 3 heterocycles. The second-order valence-electron chi connectivity index (χ2n) is 7.56. The lowest BCUT2D eigenvalue weighted by Gasteiger charge is -2.18. The van der Waals surface area contributed by atoms with E-state index in [0.717, 1.165) is 0 Å². The molecule has 3 aromatic rings. The molecule has 1 amide bonds. The van der Waals surface area contributed by atoms with Crippen molar-refractivity contribution in [3.8, 4) is 5.75 Å². The number of nitrogens with zero attached hydrogens (tertiary/aromatic N) is 6. The monoisotopic (exact) mass is 399 g/mol. The van der Waals surface area contributed by atoms with Gasteiger partial charge in [-0.15, -0.1) is 15.3 Å². The fraction of sp³-hybridized carbons (Fsp3) is 0.474. The number of anilines is 1. The fourth-order valence-corrected chi connectivity index (χ4v) is 2.73. The molecule has 0 saturated heterocycles. The Kier molecular flexibility index (Phi) is 5.90. The smallest absolute Gasteiger partial charge is 0.273 e. The van der Waals surface area contributed by atoms with Gasteiger partial charge >= 0.3 is 0 Å². The topological polar surface area (TPSA) is 116 Å². The molecule has 10 heteroatoms. The highest BCUT2D eigenvalue weighted by atomic mass is 16.5. The lowest BCUT2D eigenvalue weighted by atomic mass is 10.1. The van der Waals surface area contributed by atoms with Crippen LogP contribution < -0.4 is 15.6 Å². The van der Waals surface area contributed by atoms with E-state index < -0.39 is 5.91 Å². The number of hydrogen-bond acceptors (Lipinski definition) is 7. The van der Waals surface area contributed by atoms with E-state index in [0.29, 0.717) is 41.0 Å². The maximum absolute atomic E-state index is 12.7. The van der Waals surface area contributed by atoms with Crippen LogP contribution in [0.5, 0.6) is 5.75 Å². The van der Waals surface area contributed by atoms with Gasteiger partial charge in [-0.05, 0) is 25.0 Å². The number of ether oxygens (including phenoxy) is 1. The Morgan fingerprint density at radius 2 is 1.97 bits per heavy atom. The van der Waals surface area contributed by atoms with E-state index in [1.165, 1.54) is 15.5 Å². The van der Waals surface area contributed by atoms with Crippen molar-refractivity contribution < 1.29 is 9.53 Å². The van der Waals surface area contributed by atoms with Crippen LogP contribution >= 0.6 is 0 Å². The third kappa shape index (κ3) is 4.58. The van der Waals surface area contributed by atoms with Crippen molar-refractivity contribution in [2.45, 2.75) is 47.1 Å². The summed E-state index contributed by atoms with van der Waals surface area (Å²) in [6, 6.07) is 3.30. The highest BCUT2D eigenvalue weighted by Gasteiger charge is 2.20. The second kappa shape index (κ2) is 8.38. The number of nitrogens with one attached hydrogen (secondary N) is 1. The molecule has 0 radical (unpaired) electrons. The highest BCUT2D eigenvalue weighted by molar-refractivity contribution is 5.89. The Morgan fingerprint density at radius 1 is 1.21 bits per heavy atom. The van der Waals surface area contributed by atoms with Crippen LogP contribution in [0.1, 0.15) is 44.9 Å². The summed E-state index contributed by atoms with van der Waals surface area (Å²) in [5, 5.41) is 18.9. The summed E-state index contributed by atoms with van der Waals surface area (Å²) in [6.45, 7) is 9.97. The molecule has 0 saturated carbocycles. The van der Waals surface area contributed by atoms with Gasteiger partial charge in [-0.3, -0.25) is 9.59 Å². The highest BCUT2D eigenvalue weighted by Crippen LogP contribution is 2.26. The molecule has 0 bridgehead atoms. The average Bonchev–Trinajstić information content (AvgIpc) is 3.12.